The van der Waals surface area contributed by atoms with E-state index in [2.05, 4.69) is 23.5 Å². The molecule has 15 heavy (non-hydrogen) atoms. The van der Waals surface area contributed by atoms with Crippen LogP contribution in [0.5, 0.6) is 0 Å². The molecule has 0 aromatic heterocycles. The van der Waals surface area contributed by atoms with E-state index in [1.165, 1.54) is 11.1 Å². The molecule has 0 saturated heterocycles. The fraction of sp³-hybridized carbons (Fsp3) is 0.417. The van der Waals surface area contributed by atoms with Crippen LogP contribution in [0.1, 0.15) is 24.0 Å². The van der Waals surface area contributed by atoms with E-state index in [0.29, 0.717) is 12.5 Å². The summed E-state index contributed by atoms with van der Waals surface area (Å²) in [5, 5.41) is 2.41. The van der Waals surface area contributed by atoms with Gasteiger partial charge in [-0.3, -0.25) is 4.79 Å². The van der Waals surface area contributed by atoms with Crippen LogP contribution in [-0.4, -0.2) is 17.8 Å². The Morgan fingerprint density at radius 2 is 2.33 bits per heavy atom. The van der Waals surface area contributed by atoms with E-state index in [1.807, 2.05) is 6.07 Å². The standard InChI is InChI=1S/C12H14ClNO/c1-8(13)12(15)14-7-10-6-9-4-2-3-5-11(9)10/h2-5,8,10H,6-7H2,1H3,(H,14,15). The number of nitrogens with one attached hydrogen (secondary N) is 1. The Kier molecular flexibility index (Phi) is 2.96. The van der Waals surface area contributed by atoms with Gasteiger partial charge in [-0.1, -0.05) is 24.3 Å². The Hall–Kier alpha value is -1.02. The molecule has 1 aliphatic carbocycles. The van der Waals surface area contributed by atoms with Gasteiger partial charge < -0.3 is 5.32 Å². The van der Waals surface area contributed by atoms with Gasteiger partial charge in [-0.2, -0.15) is 0 Å². The minimum Gasteiger partial charge on any atom is -0.354 e. The summed E-state index contributed by atoms with van der Waals surface area (Å²) in [6.07, 6.45) is 1.06. The number of amides is 1. The van der Waals surface area contributed by atoms with Crippen molar-refractivity contribution in [3.8, 4) is 0 Å². The van der Waals surface area contributed by atoms with E-state index in [-0.39, 0.29) is 5.91 Å². The number of carbonyl (C=O) groups excluding carboxylic acids is 1. The van der Waals surface area contributed by atoms with Gasteiger partial charge in [0.25, 0.3) is 0 Å². The van der Waals surface area contributed by atoms with Crippen LogP contribution in [0.3, 0.4) is 0 Å². The summed E-state index contributed by atoms with van der Waals surface area (Å²) in [6, 6.07) is 8.35. The van der Waals surface area contributed by atoms with Gasteiger partial charge >= 0.3 is 0 Å². The van der Waals surface area contributed by atoms with Gasteiger partial charge in [0.05, 0.1) is 0 Å². The molecular formula is C12H14ClNO. The number of hydrogen-bond acceptors (Lipinski definition) is 1. The van der Waals surface area contributed by atoms with Crippen molar-refractivity contribution in [2.24, 2.45) is 0 Å². The van der Waals surface area contributed by atoms with Gasteiger partial charge in [0.1, 0.15) is 5.38 Å². The zero-order valence-corrected chi connectivity index (χ0v) is 9.42. The Balaban J connectivity index is 1.88. The first-order valence-corrected chi connectivity index (χ1v) is 5.61. The van der Waals surface area contributed by atoms with Crippen LogP contribution in [0.15, 0.2) is 24.3 Å². The third-order valence-electron chi connectivity index (χ3n) is 2.85. The van der Waals surface area contributed by atoms with E-state index in [9.17, 15) is 4.79 Å². The predicted molar refractivity (Wildman–Crippen MR) is 61.2 cm³/mol. The average Bonchev–Trinajstić information content (AvgIpc) is 2.19. The highest BCUT2D eigenvalue weighted by atomic mass is 35.5. The van der Waals surface area contributed by atoms with E-state index in [0.717, 1.165) is 6.42 Å². The van der Waals surface area contributed by atoms with Crippen molar-refractivity contribution in [2.75, 3.05) is 6.54 Å². The predicted octanol–water partition coefficient (Wildman–Crippen LogP) is 2.07. The molecule has 0 heterocycles. The maximum absolute atomic E-state index is 11.3. The minimum atomic E-state index is -0.444. The summed E-state index contributed by atoms with van der Waals surface area (Å²) in [5.74, 6) is 0.390. The molecule has 1 N–H and O–H groups in total. The Morgan fingerprint density at radius 1 is 1.60 bits per heavy atom. The van der Waals surface area contributed by atoms with Crippen LogP contribution in [0.4, 0.5) is 0 Å². The van der Waals surface area contributed by atoms with Gasteiger partial charge in [-0.05, 0) is 24.5 Å². The number of rotatable bonds is 3. The highest BCUT2D eigenvalue weighted by molar-refractivity contribution is 6.30. The summed E-state index contributed by atoms with van der Waals surface area (Å²) < 4.78 is 0. The number of fused-ring (bicyclic) bond motifs is 1. The molecule has 0 spiro atoms. The normalized spacial score (nSPS) is 20.0. The molecule has 2 rings (SSSR count). The summed E-state index contributed by atoms with van der Waals surface area (Å²) >= 11 is 5.66. The first-order valence-electron chi connectivity index (χ1n) is 5.18. The fourth-order valence-electron chi connectivity index (χ4n) is 1.91. The lowest BCUT2D eigenvalue weighted by Gasteiger charge is -2.30. The second-order valence-electron chi connectivity index (χ2n) is 3.96. The molecule has 3 heteroatoms. The number of carbonyl (C=O) groups is 1. The fourth-order valence-corrected chi connectivity index (χ4v) is 1.99. The largest absolute Gasteiger partial charge is 0.354 e. The van der Waals surface area contributed by atoms with E-state index in [1.54, 1.807) is 6.92 Å². The van der Waals surface area contributed by atoms with Crippen LogP contribution < -0.4 is 5.32 Å². The molecular weight excluding hydrogens is 210 g/mol. The van der Waals surface area contributed by atoms with Gasteiger partial charge in [-0.25, -0.2) is 0 Å². The first kappa shape index (κ1) is 10.5. The molecule has 1 aromatic rings. The molecule has 0 fully saturated rings. The summed E-state index contributed by atoms with van der Waals surface area (Å²) in [7, 11) is 0. The van der Waals surface area contributed by atoms with Crippen molar-refractivity contribution in [3.63, 3.8) is 0 Å². The topological polar surface area (TPSA) is 29.1 Å². The molecule has 0 aliphatic heterocycles. The molecule has 0 bridgehead atoms. The lowest BCUT2D eigenvalue weighted by molar-refractivity contribution is -0.120. The zero-order valence-electron chi connectivity index (χ0n) is 8.66. The second kappa shape index (κ2) is 4.23. The van der Waals surface area contributed by atoms with Crippen LogP contribution in [0.25, 0.3) is 0 Å². The Bertz CT molecular complexity index is 376. The van der Waals surface area contributed by atoms with Gasteiger partial charge in [0.15, 0.2) is 0 Å². The summed E-state index contributed by atoms with van der Waals surface area (Å²) in [5.41, 5.74) is 2.76. The lowest BCUT2D eigenvalue weighted by Crippen LogP contribution is -2.36. The number of halogens is 1. The quantitative estimate of drug-likeness (QED) is 0.781. The van der Waals surface area contributed by atoms with Crippen molar-refractivity contribution >= 4 is 17.5 Å². The maximum atomic E-state index is 11.3. The first-order chi connectivity index (χ1) is 7.18. The third-order valence-corrected chi connectivity index (χ3v) is 3.04. The van der Waals surface area contributed by atoms with E-state index < -0.39 is 5.38 Å². The molecule has 0 saturated carbocycles. The van der Waals surface area contributed by atoms with Crippen LogP contribution in [0, 0.1) is 0 Å². The lowest BCUT2D eigenvalue weighted by atomic mass is 9.77. The highest BCUT2D eigenvalue weighted by Crippen LogP contribution is 2.33. The molecule has 80 valence electrons. The van der Waals surface area contributed by atoms with Crippen LogP contribution in [0.2, 0.25) is 0 Å². The molecule has 1 amide bonds. The molecule has 0 radical (unpaired) electrons. The van der Waals surface area contributed by atoms with Crippen LogP contribution in [-0.2, 0) is 11.2 Å². The highest BCUT2D eigenvalue weighted by Gasteiger charge is 2.25. The van der Waals surface area contributed by atoms with Crippen molar-refractivity contribution in [1.29, 1.82) is 0 Å². The number of benzene rings is 1. The number of alkyl halides is 1. The van der Waals surface area contributed by atoms with E-state index in [4.69, 9.17) is 11.6 Å². The summed E-state index contributed by atoms with van der Waals surface area (Å²) in [4.78, 5) is 11.3. The zero-order chi connectivity index (χ0) is 10.8. The maximum Gasteiger partial charge on any atom is 0.237 e. The molecule has 1 aromatic carbocycles. The summed E-state index contributed by atoms with van der Waals surface area (Å²) in [6.45, 7) is 2.39. The Morgan fingerprint density at radius 3 is 3.00 bits per heavy atom. The van der Waals surface area contributed by atoms with Gasteiger partial charge in [0.2, 0.25) is 5.91 Å². The van der Waals surface area contributed by atoms with Crippen LogP contribution >= 0.6 is 11.6 Å². The number of hydrogen-bond donors (Lipinski definition) is 1. The minimum absolute atomic E-state index is 0.0824. The van der Waals surface area contributed by atoms with Gasteiger partial charge in [0, 0.05) is 12.5 Å². The van der Waals surface area contributed by atoms with Crippen molar-refractivity contribution < 1.29 is 4.79 Å². The van der Waals surface area contributed by atoms with Gasteiger partial charge in [-0.15, -0.1) is 11.6 Å². The average molecular weight is 224 g/mol. The monoisotopic (exact) mass is 223 g/mol. The van der Waals surface area contributed by atoms with Crippen molar-refractivity contribution in [3.05, 3.63) is 35.4 Å². The van der Waals surface area contributed by atoms with Crippen molar-refractivity contribution in [1.82, 2.24) is 5.32 Å². The SMILES string of the molecule is CC(Cl)C(=O)NCC1Cc2ccccc21. The smallest absolute Gasteiger partial charge is 0.237 e. The second-order valence-corrected chi connectivity index (χ2v) is 4.62. The third kappa shape index (κ3) is 2.15. The molecule has 2 unspecified atom stereocenters. The molecule has 2 nitrogen and oxygen atoms in total. The molecule has 1 aliphatic rings. The Labute approximate surface area is 94.6 Å². The molecule has 2 atom stereocenters. The van der Waals surface area contributed by atoms with E-state index >= 15 is 0 Å². The van der Waals surface area contributed by atoms with Crippen molar-refractivity contribution in [2.45, 2.75) is 24.6 Å².